The first kappa shape index (κ1) is 49.4. The standard InChI is InChI=1S/C44H84O7/c1-4-5-6-7-8-9-10-11-17-20-23-26-29-32-35-40(51-42(47)38-44(50,43(48)49)37-41(45)46)36-33-30-27-24-21-18-15-13-12-14-16-19-22-25-28-31-34-39(2)3/h39-40,50H,4-38H2,1-3H3,(H,45,46)(H,48,49). The van der Waals surface area contributed by atoms with Gasteiger partial charge in [-0.2, -0.15) is 0 Å². The minimum atomic E-state index is -2.66. The molecule has 0 aromatic heterocycles. The zero-order valence-electron chi connectivity index (χ0n) is 33.9. The maximum Gasteiger partial charge on any atom is 0.336 e. The smallest absolute Gasteiger partial charge is 0.336 e. The van der Waals surface area contributed by atoms with E-state index in [0.717, 1.165) is 44.4 Å². The molecule has 0 aliphatic heterocycles. The van der Waals surface area contributed by atoms with Crippen molar-refractivity contribution in [3.8, 4) is 0 Å². The molecule has 0 amide bonds. The van der Waals surface area contributed by atoms with Crippen LogP contribution in [-0.4, -0.2) is 44.9 Å². The Labute approximate surface area is 314 Å². The predicted octanol–water partition coefficient (Wildman–Crippen LogP) is 13.1. The van der Waals surface area contributed by atoms with Gasteiger partial charge in [0, 0.05) is 0 Å². The highest BCUT2D eigenvalue weighted by molar-refractivity contribution is 5.88. The molecule has 2 atom stereocenters. The molecular weight excluding hydrogens is 640 g/mol. The van der Waals surface area contributed by atoms with Gasteiger partial charge in [0.2, 0.25) is 0 Å². The lowest BCUT2D eigenvalue weighted by Crippen LogP contribution is -2.43. The fraction of sp³-hybridized carbons (Fsp3) is 0.932. The summed E-state index contributed by atoms with van der Waals surface area (Å²) in [6.07, 6.45) is 39.2. The van der Waals surface area contributed by atoms with E-state index in [0.29, 0.717) is 12.8 Å². The lowest BCUT2D eigenvalue weighted by Gasteiger charge is -2.23. The van der Waals surface area contributed by atoms with Gasteiger partial charge in [0.15, 0.2) is 5.60 Å². The molecule has 0 saturated carbocycles. The summed E-state index contributed by atoms with van der Waals surface area (Å²) in [5.74, 6) is -3.19. The Hall–Kier alpha value is -1.63. The van der Waals surface area contributed by atoms with Crippen molar-refractivity contribution in [2.45, 2.75) is 257 Å². The maximum atomic E-state index is 12.7. The predicted molar refractivity (Wildman–Crippen MR) is 212 cm³/mol. The van der Waals surface area contributed by atoms with Crippen LogP contribution in [0, 0.1) is 5.92 Å². The molecule has 0 aliphatic carbocycles. The van der Waals surface area contributed by atoms with E-state index < -0.39 is 36.4 Å². The highest BCUT2D eigenvalue weighted by Gasteiger charge is 2.41. The van der Waals surface area contributed by atoms with Crippen molar-refractivity contribution < 1.29 is 34.4 Å². The average Bonchev–Trinajstić information content (AvgIpc) is 3.07. The quantitative estimate of drug-likeness (QED) is 0.0425. The molecule has 0 rings (SSSR count). The van der Waals surface area contributed by atoms with E-state index in [1.807, 2.05) is 0 Å². The van der Waals surface area contributed by atoms with Crippen molar-refractivity contribution in [2.24, 2.45) is 5.92 Å². The summed E-state index contributed by atoms with van der Waals surface area (Å²) in [6, 6.07) is 0. The van der Waals surface area contributed by atoms with E-state index in [4.69, 9.17) is 9.84 Å². The van der Waals surface area contributed by atoms with Gasteiger partial charge in [0.25, 0.3) is 0 Å². The zero-order chi connectivity index (χ0) is 37.8. The molecule has 0 aromatic rings. The summed E-state index contributed by atoms with van der Waals surface area (Å²) in [5.41, 5.74) is -2.66. The number of carbonyl (C=O) groups excluding carboxylic acids is 1. The third-order valence-electron chi connectivity index (χ3n) is 10.5. The van der Waals surface area contributed by atoms with Crippen LogP contribution >= 0.6 is 0 Å². The molecule has 7 heteroatoms. The Kier molecular flexibility index (Phi) is 34.3. The molecule has 2 unspecified atom stereocenters. The number of ether oxygens (including phenoxy) is 1. The number of esters is 1. The summed E-state index contributed by atoms with van der Waals surface area (Å²) in [6.45, 7) is 6.89. The van der Waals surface area contributed by atoms with E-state index in [2.05, 4.69) is 20.8 Å². The molecular formula is C44H84O7. The Morgan fingerprint density at radius 1 is 0.471 bits per heavy atom. The Balaban J connectivity index is 4.21. The van der Waals surface area contributed by atoms with Crippen LogP contribution in [0.4, 0.5) is 0 Å². The molecule has 0 spiro atoms. The number of carboxylic acids is 2. The van der Waals surface area contributed by atoms with E-state index >= 15 is 0 Å². The topological polar surface area (TPSA) is 121 Å². The average molecular weight is 725 g/mol. The molecule has 3 N–H and O–H groups in total. The number of carboxylic acid groups (broad SMARTS) is 2. The maximum absolute atomic E-state index is 12.7. The SMILES string of the molecule is CCCCCCCCCCCCCCCCC(CCCCCCCCCCCCCCCCCCC(C)C)OC(=O)CC(O)(CC(=O)O)C(=O)O. The number of aliphatic carboxylic acids is 2. The lowest BCUT2D eigenvalue weighted by atomic mass is 9.95. The Morgan fingerprint density at radius 3 is 1.04 bits per heavy atom. The van der Waals surface area contributed by atoms with Crippen LogP contribution in [0.5, 0.6) is 0 Å². The summed E-state index contributed by atoms with van der Waals surface area (Å²) < 4.78 is 5.67. The van der Waals surface area contributed by atoms with Crippen molar-refractivity contribution in [3.05, 3.63) is 0 Å². The van der Waals surface area contributed by atoms with Crippen molar-refractivity contribution in [1.82, 2.24) is 0 Å². The second kappa shape index (κ2) is 35.4. The first-order chi connectivity index (χ1) is 24.6. The highest BCUT2D eigenvalue weighted by atomic mass is 16.5. The van der Waals surface area contributed by atoms with Gasteiger partial charge in [-0.1, -0.05) is 207 Å². The van der Waals surface area contributed by atoms with E-state index in [1.54, 1.807) is 0 Å². The van der Waals surface area contributed by atoms with Crippen LogP contribution in [0.15, 0.2) is 0 Å². The van der Waals surface area contributed by atoms with Gasteiger partial charge >= 0.3 is 17.9 Å². The van der Waals surface area contributed by atoms with E-state index in [1.165, 1.54) is 161 Å². The summed E-state index contributed by atoms with van der Waals surface area (Å²) in [7, 11) is 0. The van der Waals surface area contributed by atoms with Crippen LogP contribution < -0.4 is 0 Å². The van der Waals surface area contributed by atoms with Gasteiger partial charge in [-0.15, -0.1) is 0 Å². The molecule has 0 fully saturated rings. The fourth-order valence-electron chi connectivity index (χ4n) is 7.16. The number of hydrogen-bond acceptors (Lipinski definition) is 5. The summed E-state index contributed by atoms with van der Waals surface area (Å²) >= 11 is 0. The van der Waals surface area contributed by atoms with Crippen molar-refractivity contribution in [3.63, 3.8) is 0 Å². The van der Waals surface area contributed by atoms with Crippen LogP contribution in [0.1, 0.15) is 245 Å². The van der Waals surface area contributed by atoms with Crippen molar-refractivity contribution >= 4 is 17.9 Å². The van der Waals surface area contributed by atoms with Gasteiger partial charge in [0.05, 0.1) is 12.8 Å². The number of rotatable bonds is 40. The molecule has 0 heterocycles. The molecule has 0 bridgehead atoms. The van der Waals surface area contributed by atoms with E-state index in [9.17, 15) is 24.6 Å². The van der Waals surface area contributed by atoms with Crippen LogP contribution in [0.25, 0.3) is 0 Å². The van der Waals surface area contributed by atoms with Gasteiger partial charge in [-0.25, -0.2) is 4.79 Å². The monoisotopic (exact) mass is 725 g/mol. The third-order valence-corrected chi connectivity index (χ3v) is 10.5. The minimum Gasteiger partial charge on any atom is -0.481 e. The van der Waals surface area contributed by atoms with Gasteiger partial charge in [0.1, 0.15) is 6.10 Å². The Bertz CT molecular complexity index is 813. The first-order valence-corrected chi connectivity index (χ1v) is 22.0. The molecule has 7 nitrogen and oxygen atoms in total. The Morgan fingerprint density at radius 2 is 0.765 bits per heavy atom. The number of hydrogen-bond donors (Lipinski definition) is 3. The molecule has 0 saturated heterocycles. The van der Waals surface area contributed by atoms with Crippen LogP contribution in [0.3, 0.4) is 0 Å². The molecule has 0 aromatic carbocycles. The van der Waals surface area contributed by atoms with Crippen molar-refractivity contribution in [2.75, 3.05) is 0 Å². The lowest BCUT2D eigenvalue weighted by molar-refractivity contribution is -0.173. The van der Waals surface area contributed by atoms with Gasteiger partial charge < -0.3 is 20.1 Å². The first-order valence-electron chi connectivity index (χ1n) is 22.0. The minimum absolute atomic E-state index is 0.331. The fourth-order valence-corrected chi connectivity index (χ4v) is 7.16. The summed E-state index contributed by atoms with van der Waals surface area (Å²) in [5, 5.41) is 28.7. The number of aliphatic hydroxyl groups is 1. The normalized spacial score (nSPS) is 13.4. The number of carbonyl (C=O) groups is 3. The van der Waals surface area contributed by atoms with Crippen molar-refractivity contribution in [1.29, 1.82) is 0 Å². The largest absolute Gasteiger partial charge is 0.481 e. The zero-order valence-corrected chi connectivity index (χ0v) is 33.9. The molecule has 51 heavy (non-hydrogen) atoms. The second-order valence-corrected chi connectivity index (χ2v) is 16.2. The van der Waals surface area contributed by atoms with Gasteiger partial charge in [-0.3, -0.25) is 9.59 Å². The molecule has 0 radical (unpaired) electrons. The number of unbranched alkanes of at least 4 members (excludes halogenated alkanes) is 28. The third kappa shape index (κ3) is 33.9. The highest BCUT2D eigenvalue weighted by Crippen LogP contribution is 2.22. The second-order valence-electron chi connectivity index (χ2n) is 16.2. The molecule has 302 valence electrons. The van der Waals surface area contributed by atoms with Crippen LogP contribution in [0.2, 0.25) is 0 Å². The van der Waals surface area contributed by atoms with Gasteiger partial charge in [-0.05, 0) is 31.6 Å². The molecule has 0 aliphatic rings. The summed E-state index contributed by atoms with van der Waals surface area (Å²) in [4.78, 5) is 35.3. The van der Waals surface area contributed by atoms with E-state index in [-0.39, 0.29) is 6.10 Å². The van der Waals surface area contributed by atoms with Crippen LogP contribution in [-0.2, 0) is 19.1 Å².